The monoisotopic (exact) mass is 1050 g/mol. The summed E-state index contributed by atoms with van der Waals surface area (Å²) in [5.41, 5.74) is 8.79. The molecule has 0 nitrogen and oxygen atoms in total. The molecule has 0 heterocycles. The van der Waals surface area contributed by atoms with Gasteiger partial charge in [-0.25, -0.2) is 0 Å². The molecular formula is C56H70Cl2P2Zr2-2. The largest absolute Gasteiger partial charge is 2.00 e. The number of benzene rings is 4. The summed E-state index contributed by atoms with van der Waals surface area (Å²) in [5.74, 6) is 0. The van der Waals surface area contributed by atoms with Gasteiger partial charge < -0.3 is 24.8 Å². The predicted molar refractivity (Wildman–Crippen MR) is 269 cm³/mol. The maximum Gasteiger partial charge on any atom is 2.00 e. The molecule has 0 fully saturated rings. The van der Waals surface area contributed by atoms with Crippen molar-refractivity contribution in [2.45, 2.75) is 131 Å². The van der Waals surface area contributed by atoms with Gasteiger partial charge in [0, 0.05) is 0 Å². The summed E-state index contributed by atoms with van der Waals surface area (Å²) < 4.78 is 0. The second-order valence-corrected chi connectivity index (χ2v) is 22.8. The molecule has 8 aromatic rings. The Kier molecular flexibility index (Phi) is 26.9. The third kappa shape index (κ3) is 14.8. The smallest absolute Gasteiger partial charge is 1.00 e. The van der Waals surface area contributed by atoms with Gasteiger partial charge in [-0.05, 0) is 62.2 Å². The van der Waals surface area contributed by atoms with Crippen molar-refractivity contribution in [2.24, 2.45) is 0 Å². The molecule has 0 aliphatic heterocycles. The van der Waals surface area contributed by atoms with Gasteiger partial charge in [0.25, 0.3) is 0 Å². The standard InChI is InChI=1S/2C17H24P.2C11H11.2ClH.2Zr/c2*1-5-13(3)18(14(4)6-2)17-11-15-9-7-8-10-16(15)12-17;2*1-8-6-7-9(2)11-5-3-4-10(8)11;;;;/h2*7-14H,5-6H2,1-4H3;2*3-7H,1-2H3;2*1H;;/q4*-1;;;2*+2/p-2. The molecule has 0 aliphatic carbocycles. The third-order valence-corrected chi connectivity index (χ3v) is 19.5. The quantitative estimate of drug-likeness (QED) is 0.0946. The van der Waals surface area contributed by atoms with Crippen molar-refractivity contribution < 1.29 is 77.2 Å². The Morgan fingerprint density at radius 3 is 1.03 bits per heavy atom. The summed E-state index contributed by atoms with van der Waals surface area (Å²) in [5, 5.41) is 14.4. The van der Waals surface area contributed by atoms with Gasteiger partial charge in [0.15, 0.2) is 0 Å². The molecule has 4 unspecified atom stereocenters. The molecular weight excluding hydrogens is 988 g/mol. The van der Waals surface area contributed by atoms with Crippen LogP contribution < -0.4 is 35.4 Å². The summed E-state index contributed by atoms with van der Waals surface area (Å²) in [6.07, 6.45) is 5.16. The van der Waals surface area contributed by atoms with Crippen LogP contribution in [0.2, 0.25) is 0 Å². The number of hydrogen-bond donors (Lipinski definition) is 0. The van der Waals surface area contributed by atoms with E-state index in [0.29, 0.717) is 0 Å². The van der Waals surface area contributed by atoms with E-state index in [9.17, 15) is 0 Å². The molecule has 0 bridgehead atoms. The molecule has 0 N–H and O–H groups in total. The fourth-order valence-corrected chi connectivity index (χ4v) is 14.8. The first-order valence-corrected chi connectivity index (χ1v) is 25.0. The molecule has 0 amide bonds. The van der Waals surface area contributed by atoms with Crippen molar-refractivity contribution in [3.63, 3.8) is 0 Å². The molecule has 328 valence electrons. The maximum absolute atomic E-state index is 2.43. The number of hydrogen-bond acceptors (Lipinski definition) is 0. The van der Waals surface area contributed by atoms with Crippen molar-refractivity contribution in [2.75, 3.05) is 0 Å². The van der Waals surface area contributed by atoms with E-state index in [1.54, 1.807) is 10.6 Å². The van der Waals surface area contributed by atoms with Crippen LogP contribution in [0.25, 0.3) is 43.1 Å². The molecule has 0 saturated carbocycles. The average molecular weight is 1060 g/mol. The minimum absolute atomic E-state index is 0. The molecule has 0 saturated heterocycles. The Hall–Kier alpha value is -1.47. The van der Waals surface area contributed by atoms with Gasteiger partial charge in [-0.15, -0.1) is 138 Å². The van der Waals surface area contributed by atoms with Gasteiger partial charge in [-0.1, -0.05) is 120 Å². The summed E-state index contributed by atoms with van der Waals surface area (Å²) in [6, 6.07) is 48.9. The first-order valence-electron chi connectivity index (χ1n) is 22.0. The minimum atomic E-state index is -0.0252. The van der Waals surface area contributed by atoms with Crippen molar-refractivity contribution in [1.82, 2.24) is 0 Å². The fourth-order valence-electron chi connectivity index (χ4n) is 8.31. The normalized spacial score (nSPS) is 13.5. The summed E-state index contributed by atoms with van der Waals surface area (Å²) in [4.78, 5) is 0. The second kappa shape index (κ2) is 28.5. The zero-order valence-corrected chi connectivity index (χ0v) is 47.7. The van der Waals surface area contributed by atoms with E-state index in [1.807, 2.05) is 0 Å². The fraction of sp³-hybridized carbons (Fsp3) is 0.357. The van der Waals surface area contributed by atoms with E-state index in [0.717, 1.165) is 22.6 Å². The van der Waals surface area contributed by atoms with Gasteiger partial charge in [-0.2, -0.15) is 36.4 Å². The summed E-state index contributed by atoms with van der Waals surface area (Å²) in [7, 11) is -0.0504. The molecule has 62 heavy (non-hydrogen) atoms. The summed E-state index contributed by atoms with van der Waals surface area (Å²) >= 11 is 0. The number of aryl methyl sites for hydroxylation is 4. The van der Waals surface area contributed by atoms with Crippen LogP contribution in [0.4, 0.5) is 0 Å². The Labute approximate surface area is 429 Å². The van der Waals surface area contributed by atoms with Crippen molar-refractivity contribution >= 4 is 69.5 Å². The third-order valence-electron chi connectivity index (χ3n) is 12.6. The number of halogens is 2. The predicted octanol–water partition coefficient (Wildman–Crippen LogP) is 10.9. The Bertz CT molecular complexity index is 2140. The van der Waals surface area contributed by atoms with Crippen molar-refractivity contribution in [1.29, 1.82) is 0 Å². The Morgan fingerprint density at radius 1 is 0.435 bits per heavy atom. The first-order chi connectivity index (χ1) is 27.9. The van der Waals surface area contributed by atoms with Gasteiger partial charge in [0.2, 0.25) is 0 Å². The van der Waals surface area contributed by atoms with E-state index in [-0.39, 0.29) is 93.1 Å². The first kappa shape index (κ1) is 58.5. The molecule has 8 rings (SSSR count). The SMILES string of the molecule is CCC(C)P(c1cc2ccccc2[cH-]1)C(C)CC.CCC(C)P(c1cc2ccccc2[cH-]1)C(C)CC.Cc1ccc(C)c2[cH-]ccc12.Cc1ccc(C)c2[cH-]ccc12.[Cl-].[Cl-].[Zr+2].[Zr+2]. The van der Waals surface area contributed by atoms with E-state index < -0.39 is 0 Å². The van der Waals surface area contributed by atoms with E-state index >= 15 is 0 Å². The van der Waals surface area contributed by atoms with Crippen LogP contribution in [-0.4, -0.2) is 22.6 Å². The van der Waals surface area contributed by atoms with Gasteiger partial charge in [-0.3, -0.25) is 0 Å². The Balaban J connectivity index is 0.000000414. The Morgan fingerprint density at radius 2 is 0.742 bits per heavy atom. The molecule has 0 aromatic heterocycles. The molecule has 0 spiro atoms. The van der Waals surface area contributed by atoms with Crippen LogP contribution >= 0.6 is 15.8 Å². The molecule has 8 aromatic carbocycles. The van der Waals surface area contributed by atoms with Crippen molar-refractivity contribution in [3.05, 3.63) is 156 Å². The molecule has 0 aliphatic rings. The van der Waals surface area contributed by atoms with Gasteiger partial charge in [0.1, 0.15) is 0 Å². The van der Waals surface area contributed by atoms with Crippen LogP contribution in [0.1, 0.15) is 103 Å². The van der Waals surface area contributed by atoms with E-state index in [2.05, 4.69) is 217 Å². The minimum Gasteiger partial charge on any atom is -1.00 e. The zero-order chi connectivity index (χ0) is 41.9. The van der Waals surface area contributed by atoms with E-state index in [4.69, 9.17) is 0 Å². The maximum atomic E-state index is 2.43. The number of rotatable bonds is 10. The zero-order valence-electron chi connectivity index (χ0n) is 39.5. The van der Waals surface area contributed by atoms with Gasteiger partial charge >= 0.3 is 52.4 Å². The average Bonchev–Trinajstić information content (AvgIpc) is 4.08. The van der Waals surface area contributed by atoms with Crippen molar-refractivity contribution in [3.8, 4) is 0 Å². The van der Waals surface area contributed by atoms with Crippen LogP contribution in [0.3, 0.4) is 0 Å². The van der Waals surface area contributed by atoms with Gasteiger partial charge in [0.05, 0.1) is 0 Å². The molecule has 6 heteroatoms. The number of fused-ring (bicyclic) bond motifs is 4. The molecule has 0 radical (unpaired) electrons. The van der Waals surface area contributed by atoms with Crippen LogP contribution in [0.15, 0.2) is 133 Å². The second-order valence-electron chi connectivity index (χ2n) is 16.6. The van der Waals surface area contributed by atoms with Crippen LogP contribution in [0.5, 0.6) is 0 Å². The van der Waals surface area contributed by atoms with Crippen LogP contribution in [0, 0.1) is 27.7 Å². The summed E-state index contributed by atoms with van der Waals surface area (Å²) in [6.45, 7) is 27.6. The van der Waals surface area contributed by atoms with Crippen LogP contribution in [-0.2, 0) is 52.4 Å². The van der Waals surface area contributed by atoms with E-state index in [1.165, 1.54) is 91.0 Å². The molecule has 4 atom stereocenters. The topological polar surface area (TPSA) is 0 Å².